The highest BCUT2D eigenvalue weighted by molar-refractivity contribution is 5.23. The first-order valence-electron chi connectivity index (χ1n) is 8.26. The van der Waals surface area contributed by atoms with Crippen molar-refractivity contribution in [1.82, 2.24) is 5.32 Å². The summed E-state index contributed by atoms with van der Waals surface area (Å²) < 4.78 is 19.3. The normalized spacial score (nSPS) is 20.0. The van der Waals surface area contributed by atoms with E-state index in [1.165, 1.54) is 25.7 Å². The van der Waals surface area contributed by atoms with Crippen molar-refractivity contribution in [3.8, 4) is 0 Å². The van der Waals surface area contributed by atoms with E-state index in [-0.39, 0.29) is 17.5 Å². The monoisotopic (exact) mass is 293 g/mol. The molecule has 1 fully saturated rings. The van der Waals surface area contributed by atoms with Gasteiger partial charge < -0.3 is 10.1 Å². The minimum Gasteiger partial charge on any atom is -0.376 e. The lowest BCUT2D eigenvalue weighted by molar-refractivity contribution is -0.0540. The van der Waals surface area contributed by atoms with Gasteiger partial charge in [-0.1, -0.05) is 44.7 Å². The van der Waals surface area contributed by atoms with Gasteiger partial charge in [-0.3, -0.25) is 0 Å². The van der Waals surface area contributed by atoms with Crippen molar-refractivity contribution in [2.24, 2.45) is 0 Å². The Bertz CT molecular complexity index is 410. The van der Waals surface area contributed by atoms with Crippen molar-refractivity contribution in [2.45, 2.75) is 63.5 Å². The van der Waals surface area contributed by atoms with E-state index in [1.807, 2.05) is 19.2 Å². The summed E-state index contributed by atoms with van der Waals surface area (Å²) in [7, 11) is 1.83. The Hall–Kier alpha value is -0.930. The van der Waals surface area contributed by atoms with Gasteiger partial charge in [-0.05, 0) is 43.5 Å². The summed E-state index contributed by atoms with van der Waals surface area (Å²) in [5.74, 6) is -0.180. The zero-order chi connectivity index (χ0) is 15.1. The molecule has 3 heteroatoms. The molecule has 1 aromatic rings. The van der Waals surface area contributed by atoms with E-state index in [4.69, 9.17) is 4.74 Å². The van der Waals surface area contributed by atoms with Gasteiger partial charge in [0.25, 0.3) is 0 Å². The number of halogens is 1. The summed E-state index contributed by atoms with van der Waals surface area (Å²) in [6, 6.07) is 7.04. The zero-order valence-corrected chi connectivity index (χ0v) is 13.3. The van der Waals surface area contributed by atoms with Crippen molar-refractivity contribution >= 4 is 0 Å². The third kappa shape index (κ3) is 4.04. The van der Waals surface area contributed by atoms with Crippen LogP contribution in [0, 0.1) is 5.82 Å². The highest BCUT2D eigenvalue weighted by Crippen LogP contribution is 2.40. The Morgan fingerprint density at radius 2 is 1.76 bits per heavy atom. The van der Waals surface area contributed by atoms with Crippen molar-refractivity contribution in [2.75, 3.05) is 13.7 Å². The summed E-state index contributed by atoms with van der Waals surface area (Å²) in [6.07, 6.45) is 8.21. The van der Waals surface area contributed by atoms with Crippen LogP contribution < -0.4 is 5.32 Å². The standard InChI is InChI=1S/C18H28FNO/c1-3-14-20-17(15-8-10-16(19)11-9-15)18(21-2)12-6-4-5-7-13-18/h8-11,17,20H,3-7,12-14H2,1-2H3. The fourth-order valence-electron chi connectivity index (χ4n) is 3.49. The highest BCUT2D eigenvalue weighted by atomic mass is 19.1. The number of hydrogen-bond acceptors (Lipinski definition) is 2. The largest absolute Gasteiger partial charge is 0.376 e. The molecule has 2 rings (SSSR count). The van der Waals surface area contributed by atoms with E-state index < -0.39 is 0 Å². The molecule has 21 heavy (non-hydrogen) atoms. The third-order valence-electron chi connectivity index (χ3n) is 4.68. The van der Waals surface area contributed by atoms with E-state index in [9.17, 15) is 4.39 Å². The van der Waals surface area contributed by atoms with E-state index in [0.717, 1.165) is 31.4 Å². The van der Waals surface area contributed by atoms with Gasteiger partial charge in [0.2, 0.25) is 0 Å². The first kappa shape index (κ1) is 16.4. The maximum Gasteiger partial charge on any atom is 0.123 e. The molecule has 0 saturated heterocycles. The Balaban J connectivity index is 2.29. The summed E-state index contributed by atoms with van der Waals surface area (Å²) in [5.41, 5.74) is 0.970. The molecule has 0 heterocycles. The second-order valence-corrected chi connectivity index (χ2v) is 6.12. The number of benzene rings is 1. The third-order valence-corrected chi connectivity index (χ3v) is 4.68. The maximum atomic E-state index is 13.2. The zero-order valence-electron chi connectivity index (χ0n) is 13.3. The molecule has 2 nitrogen and oxygen atoms in total. The topological polar surface area (TPSA) is 21.3 Å². The van der Waals surface area contributed by atoms with E-state index in [1.54, 1.807) is 12.1 Å². The average molecular weight is 293 g/mol. The summed E-state index contributed by atoms with van der Waals surface area (Å²) >= 11 is 0. The molecule has 0 spiro atoms. The summed E-state index contributed by atoms with van der Waals surface area (Å²) in [6.45, 7) is 3.12. The van der Waals surface area contributed by atoms with Crippen LogP contribution >= 0.6 is 0 Å². The maximum absolute atomic E-state index is 13.2. The van der Waals surface area contributed by atoms with Gasteiger partial charge in [-0.2, -0.15) is 0 Å². The Kier molecular flexibility index (Phi) is 6.19. The molecule has 1 aromatic carbocycles. The van der Waals surface area contributed by atoms with E-state index in [0.29, 0.717) is 0 Å². The number of ether oxygens (including phenoxy) is 1. The lowest BCUT2D eigenvalue weighted by Crippen LogP contribution is -2.45. The molecule has 1 N–H and O–H groups in total. The van der Waals surface area contributed by atoms with Crippen LogP contribution in [-0.2, 0) is 4.74 Å². The number of rotatable bonds is 6. The molecule has 0 aromatic heterocycles. The van der Waals surface area contributed by atoms with Crippen molar-refractivity contribution < 1.29 is 9.13 Å². The van der Waals surface area contributed by atoms with Crippen LogP contribution in [0.25, 0.3) is 0 Å². The quantitative estimate of drug-likeness (QED) is 0.774. The molecule has 1 aliphatic rings. The van der Waals surface area contributed by atoms with Crippen LogP contribution in [0.5, 0.6) is 0 Å². The fraction of sp³-hybridized carbons (Fsp3) is 0.667. The summed E-state index contributed by atoms with van der Waals surface area (Å²) in [4.78, 5) is 0. The minimum atomic E-state index is -0.180. The predicted molar refractivity (Wildman–Crippen MR) is 84.9 cm³/mol. The summed E-state index contributed by atoms with van der Waals surface area (Å²) in [5, 5.41) is 3.65. The molecule has 0 bridgehead atoms. The lowest BCUT2D eigenvalue weighted by Gasteiger charge is -2.40. The van der Waals surface area contributed by atoms with Crippen LogP contribution in [0.1, 0.15) is 63.5 Å². The van der Waals surface area contributed by atoms with Crippen molar-refractivity contribution in [1.29, 1.82) is 0 Å². The van der Waals surface area contributed by atoms with Gasteiger partial charge in [0.1, 0.15) is 5.82 Å². The van der Waals surface area contributed by atoms with Gasteiger partial charge in [0.05, 0.1) is 11.6 Å². The molecule has 1 saturated carbocycles. The first-order valence-corrected chi connectivity index (χ1v) is 8.26. The highest BCUT2D eigenvalue weighted by Gasteiger charge is 2.39. The molecular formula is C18H28FNO. The Labute approximate surface area is 128 Å². The van der Waals surface area contributed by atoms with Crippen LogP contribution in [0.4, 0.5) is 4.39 Å². The van der Waals surface area contributed by atoms with Crippen LogP contribution in [0.3, 0.4) is 0 Å². The first-order chi connectivity index (χ1) is 10.2. The predicted octanol–water partition coefficient (Wildman–Crippen LogP) is 4.61. The molecule has 0 amide bonds. The molecule has 1 aliphatic carbocycles. The van der Waals surface area contributed by atoms with Gasteiger partial charge in [-0.15, -0.1) is 0 Å². The fourth-order valence-corrected chi connectivity index (χ4v) is 3.49. The van der Waals surface area contributed by atoms with Crippen LogP contribution in [0.2, 0.25) is 0 Å². The van der Waals surface area contributed by atoms with Gasteiger partial charge in [-0.25, -0.2) is 4.39 Å². The SMILES string of the molecule is CCCNC(c1ccc(F)cc1)C1(OC)CCCCCC1. The Morgan fingerprint density at radius 3 is 2.29 bits per heavy atom. The van der Waals surface area contributed by atoms with Crippen LogP contribution in [0.15, 0.2) is 24.3 Å². The molecule has 0 aliphatic heterocycles. The number of hydrogen-bond donors (Lipinski definition) is 1. The van der Waals surface area contributed by atoms with Crippen LogP contribution in [-0.4, -0.2) is 19.3 Å². The van der Waals surface area contributed by atoms with Gasteiger partial charge in [0.15, 0.2) is 0 Å². The van der Waals surface area contributed by atoms with Gasteiger partial charge in [0, 0.05) is 7.11 Å². The molecule has 118 valence electrons. The smallest absolute Gasteiger partial charge is 0.123 e. The van der Waals surface area contributed by atoms with Gasteiger partial charge >= 0.3 is 0 Å². The molecule has 1 atom stereocenters. The van der Waals surface area contributed by atoms with E-state index in [2.05, 4.69) is 12.2 Å². The second kappa shape index (κ2) is 7.90. The minimum absolute atomic E-state index is 0.140. The molecular weight excluding hydrogens is 265 g/mol. The second-order valence-electron chi connectivity index (χ2n) is 6.12. The molecule has 1 unspecified atom stereocenters. The lowest BCUT2D eigenvalue weighted by atomic mass is 9.82. The Morgan fingerprint density at radius 1 is 1.14 bits per heavy atom. The average Bonchev–Trinajstić information content (AvgIpc) is 2.76. The van der Waals surface area contributed by atoms with Crippen molar-refractivity contribution in [3.63, 3.8) is 0 Å². The number of nitrogens with one attached hydrogen (secondary N) is 1. The molecule has 0 radical (unpaired) electrons. The van der Waals surface area contributed by atoms with Crippen molar-refractivity contribution in [3.05, 3.63) is 35.6 Å². The van der Waals surface area contributed by atoms with E-state index >= 15 is 0 Å². The number of methoxy groups -OCH3 is 1.